The molecule has 2 heterocycles. The van der Waals surface area contributed by atoms with E-state index in [1.165, 1.54) is 23.2 Å². The fourth-order valence-corrected chi connectivity index (χ4v) is 4.98. The van der Waals surface area contributed by atoms with E-state index in [-0.39, 0.29) is 30.1 Å². The molecule has 3 aromatic rings. The van der Waals surface area contributed by atoms with Crippen LogP contribution in [0.25, 0.3) is 0 Å². The molecule has 4 rings (SSSR count). The lowest BCUT2D eigenvalue weighted by atomic mass is 10.1. The molecule has 0 radical (unpaired) electrons. The second-order valence-corrected chi connectivity index (χ2v) is 9.50. The minimum absolute atomic E-state index is 0.0915. The molecule has 1 atom stereocenters. The Labute approximate surface area is 197 Å². The van der Waals surface area contributed by atoms with Gasteiger partial charge in [-0.15, -0.1) is 11.3 Å². The Morgan fingerprint density at radius 3 is 2.55 bits per heavy atom. The molecule has 7 heteroatoms. The first-order valence-corrected chi connectivity index (χ1v) is 12.1. The molecule has 1 saturated carbocycles. The summed E-state index contributed by atoms with van der Waals surface area (Å²) in [5, 5.41) is 5.05. The summed E-state index contributed by atoms with van der Waals surface area (Å²) in [4.78, 5) is 41.7. The van der Waals surface area contributed by atoms with Crippen molar-refractivity contribution in [3.05, 3.63) is 75.9 Å². The third kappa shape index (κ3) is 5.42. The zero-order valence-corrected chi connectivity index (χ0v) is 19.7. The number of hydrogen-bond acceptors (Lipinski definition) is 5. The van der Waals surface area contributed by atoms with Crippen LogP contribution in [0.1, 0.15) is 65.4 Å². The topological polar surface area (TPSA) is 79.6 Å². The number of Topliss-reactive ketones (excluding diaryl/α,β-unsaturated/α-hetero) is 1. The van der Waals surface area contributed by atoms with Gasteiger partial charge >= 0.3 is 0 Å². The molecule has 0 spiro atoms. The van der Waals surface area contributed by atoms with Crippen molar-refractivity contribution in [2.45, 2.75) is 58.0 Å². The number of ketones is 1. The number of benzene rings is 1. The van der Waals surface area contributed by atoms with Gasteiger partial charge in [-0.2, -0.15) is 0 Å². The highest BCUT2D eigenvalue weighted by Gasteiger charge is 2.36. The second kappa shape index (κ2) is 10.2. The molecule has 1 fully saturated rings. The normalized spacial score (nSPS) is 14.7. The molecule has 1 aromatic carbocycles. The van der Waals surface area contributed by atoms with Crippen molar-refractivity contribution in [2.24, 2.45) is 0 Å². The van der Waals surface area contributed by atoms with Gasteiger partial charge in [-0.1, -0.05) is 31.0 Å². The van der Waals surface area contributed by atoms with Gasteiger partial charge in [0, 0.05) is 22.2 Å². The summed E-state index contributed by atoms with van der Waals surface area (Å²) in [7, 11) is 0. The SMILES string of the molecule is CC(=O)c1cccc(N(C(=O)Cc2cccs2)C(C(=O)NC2CCCC2)c2ccc(C)o2)c1. The number of carbonyl (C=O) groups excluding carboxylic acids is 3. The van der Waals surface area contributed by atoms with Crippen LogP contribution < -0.4 is 10.2 Å². The predicted molar refractivity (Wildman–Crippen MR) is 129 cm³/mol. The fourth-order valence-electron chi connectivity index (χ4n) is 4.28. The molecule has 0 saturated heterocycles. The first kappa shape index (κ1) is 23.0. The molecular formula is C26H28N2O4S. The van der Waals surface area contributed by atoms with Crippen LogP contribution in [0.2, 0.25) is 0 Å². The fraction of sp³-hybridized carbons (Fsp3) is 0.346. The molecule has 2 amide bonds. The summed E-state index contributed by atoms with van der Waals surface area (Å²) in [6.07, 6.45) is 4.17. The Hall–Kier alpha value is -3.19. The number of nitrogens with zero attached hydrogens (tertiary/aromatic N) is 1. The molecular weight excluding hydrogens is 436 g/mol. The summed E-state index contributed by atoms with van der Waals surface area (Å²) >= 11 is 1.49. The van der Waals surface area contributed by atoms with E-state index >= 15 is 0 Å². The number of amides is 2. The van der Waals surface area contributed by atoms with Gasteiger partial charge in [-0.25, -0.2) is 0 Å². The van der Waals surface area contributed by atoms with E-state index in [1.54, 1.807) is 36.4 Å². The number of rotatable bonds is 8. The molecule has 6 nitrogen and oxygen atoms in total. The second-order valence-electron chi connectivity index (χ2n) is 8.47. The van der Waals surface area contributed by atoms with E-state index in [1.807, 2.05) is 24.4 Å². The Kier molecular flexibility index (Phi) is 7.08. The van der Waals surface area contributed by atoms with E-state index in [4.69, 9.17) is 4.42 Å². The Morgan fingerprint density at radius 1 is 1.12 bits per heavy atom. The van der Waals surface area contributed by atoms with Crippen LogP contribution in [0.3, 0.4) is 0 Å². The highest BCUT2D eigenvalue weighted by atomic mass is 32.1. The first-order valence-electron chi connectivity index (χ1n) is 11.2. The number of thiophene rings is 1. The van der Waals surface area contributed by atoms with Gasteiger partial charge in [-0.3, -0.25) is 19.3 Å². The number of carbonyl (C=O) groups is 3. The lowest BCUT2D eigenvalue weighted by molar-refractivity contribution is -0.127. The number of hydrogen-bond donors (Lipinski definition) is 1. The maximum atomic E-state index is 13.7. The van der Waals surface area contributed by atoms with E-state index in [2.05, 4.69) is 5.32 Å². The summed E-state index contributed by atoms with van der Waals surface area (Å²) in [6, 6.07) is 13.3. The maximum Gasteiger partial charge on any atom is 0.251 e. The lowest BCUT2D eigenvalue weighted by Crippen LogP contribution is -2.46. The van der Waals surface area contributed by atoms with Crippen LogP contribution >= 0.6 is 11.3 Å². The van der Waals surface area contributed by atoms with Gasteiger partial charge < -0.3 is 9.73 Å². The molecule has 172 valence electrons. The molecule has 2 aromatic heterocycles. The molecule has 1 aliphatic carbocycles. The highest BCUT2D eigenvalue weighted by molar-refractivity contribution is 7.10. The van der Waals surface area contributed by atoms with Crippen molar-refractivity contribution in [1.82, 2.24) is 5.32 Å². The van der Waals surface area contributed by atoms with Crippen LogP contribution in [-0.4, -0.2) is 23.6 Å². The van der Waals surface area contributed by atoms with Crippen LogP contribution in [0.5, 0.6) is 0 Å². The smallest absolute Gasteiger partial charge is 0.251 e. The number of nitrogens with one attached hydrogen (secondary N) is 1. The minimum atomic E-state index is -0.978. The molecule has 1 N–H and O–H groups in total. The van der Waals surface area contributed by atoms with Crippen molar-refractivity contribution in [1.29, 1.82) is 0 Å². The third-order valence-electron chi connectivity index (χ3n) is 5.94. The van der Waals surface area contributed by atoms with Crippen LogP contribution in [0.4, 0.5) is 5.69 Å². The summed E-state index contributed by atoms with van der Waals surface area (Å²) < 4.78 is 5.88. The Morgan fingerprint density at radius 2 is 1.91 bits per heavy atom. The van der Waals surface area contributed by atoms with E-state index in [0.717, 1.165) is 30.6 Å². The molecule has 1 aliphatic rings. The molecule has 1 unspecified atom stereocenters. The zero-order valence-electron chi connectivity index (χ0n) is 18.9. The maximum absolute atomic E-state index is 13.7. The van der Waals surface area contributed by atoms with Crippen molar-refractivity contribution in [3.63, 3.8) is 0 Å². The molecule has 0 aliphatic heterocycles. The first-order chi connectivity index (χ1) is 15.9. The number of furan rings is 1. The summed E-state index contributed by atoms with van der Waals surface area (Å²) in [5.41, 5.74) is 0.969. The van der Waals surface area contributed by atoms with Crippen molar-refractivity contribution >= 4 is 34.6 Å². The third-order valence-corrected chi connectivity index (χ3v) is 6.82. The van der Waals surface area contributed by atoms with Crippen molar-refractivity contribution in [2.75, 3.05) is 4.90 Å². The average molecular weight is 465 g/mol. The zero-order chi connectivity index (χ0) is 23.4. The van der Waals surface area contributed by atoms with E-state index in [0.29, 0.717) is 22.8 Å². The molecule has 33 heavy (non-hydrogen) atoms. The van der Waals surface area contributed by atoms with Crippen LogP contribution in [0, 0.1) is 6.92 Å². The largest absolute Gasteiger partial charge is 0.464 e. The standard InChI is InChI=1S/C26H28N2O4S/c1-17-12-13-23(32-17)25(26(31)27-20-8-3-4-9-20)28(24(30)16-22-11-6-14-33-22)21-10-5-7-19(15-21)18(2)29/h5-7,10-15,20,25H,3-4,8-9,16H2,1-2H3,(H,27,31). The van der Waals surface area contributed by atoms with Gasteiger partial charge in [0.15, 0.2) is 11.8 Å². The monoisotopic (exact) mass is 464 g/mol. The minimum Gasteiger partial charge on any atom is -0.464 e. The average Bonchev–Trinajstić information content (AvgIpc) is 3.56. The predicted octanol–water partition coefficient (Wildman–Crippen LogP) is 5.23. The lowest BCUT2D eigenvalue weighted by Gasteiger charge is -2.31. The van der Waals surface area contributed by atoms with Gasteiger partial charge in [-0.05, 0) is 62.4 Å². The van der Waals surface area contributed by atoms with Gasteiger partial charge in [0.25, 0.3) is 5.91 Å². The van der Waals surface area contributed by atoms with Gasteiger partial charge in [0.2, 0.25) is 5.91 Å². The van der Waals surface area contributed by atoms with Crippen LogP contribution in [-0.2, 0) is 16.0 Å². The number of aryl methyl sites for hydroxylation is 1. The van der Waals surface area contributed by atoms with Gasteiger partial charge in [0.05, 0.1) is 6.42 Å². The van der Waals surface area contributed by atoms with Crippen LogP contribution in [0.15, 0.2) is 58.3 Å². The molecule has 0 bridgehead atoms. The highest BCUT2D eigenvalue weighted by Crippen LogP contribution is 2.32. The Bertz CT molecular complexity index is 1130. The van der Waals surface area contributed by atoms with Gasteiger partial charge in [0.1, 0.15) is 11.5 Å². The summed E-state index contributed by atoms with van der Waals surface area (Å²) in [6.45, 7) is 3.29. The quantitative estimate of drug-likeness (QED) is 0.463. The van der Waals surface area contributed by atoms with E-state index in [9.17, 15) is 14.4 Å². The summed E-state index contributed by atoms with van der Waals surface area (Å²) in [5.74, 6) is 0.439. The van der Waals surface area contributed by atoms with Crippen molar-refractivity contribution in [3.8, 4) is 0 Å². The Balaban J connectivity index is 1.77. The number of anilines is 1. The van der Waals surface area contributed by atoms with Crippen molar-refractivity contribution < 1.29 is 18.8 Å². The van der Waals surface area contributed by atoms with E-state index < -0.39 is 6.04 Å².